The van der Waals surface area contributed by atoms with Gasteiger partial charge in [0.15, 0.2) is 5.82 Å². The van der Waals surface area contributed by atoms with Crippen LogP contribution in [0.15, 0.2) is 60.1 Å². The number of anilines is 1. The van der Waals surface area contributed by atoms with Crippen LogP contribution in [-0.2, 0) is 10.0 Å². The number of hydrogen-bond donors (Lipinski definition) is 1. The highest BCUT2D eigenvalue weighted by molar-refractivity contribution is 7.95. The van der Waals surface area contributed by atoms with Gasteiger partial charge in [-0.15, -0.1) is 0 Å². The Morgan fingerprint density at radius 1 is 1.08 bits per heavy atom. The molecule has 0 fully saturated rings. The van der Waals surface area contributed by atoms with Gasteiger partial charge in [0.25, 0.3) is 10.0 Å². The van der Waals surface area contributed by atoms with Crippen molar-refractivity contribution in [3.05, 3.63) is 77.1 Å². The van der Waals surface area contributed by atoms with Crippen molar-refractivity contribution in [2.24, 2.45) is 0 Å². The zero-order valence-electron chi connectivity index (χ0n) is 13.9. The Labute approximate surface area is 146 Å². The monoisotopic (exact) mass is 354 g/mol. The van der Waals surface area contributed by atoms with Gasteiger partial charge in [0.2, 0.25) is 0 Å². The van der Waals surface area contributed by atoms with Crippen LogP contribution in [-0.4, -0.2) is 23.2 Å². The van der Waals surface area contributed by atoms with Gasteiger partial charge < -0.3 is 0 Å². The number of nitrogens with zero attached hydrogens (tertiary/aromatic N) is 3. The van der Waals surface area contributed by atoms with E-state index in [-0.39, 0.29) is 0 Å². The molecule has 0 bridgehead atoms. The molecule has 128 valence electrons. The van der Waals surface area contributed by atoms with E-state index in [9.17, 15) is 8.42 Å². The maximum Gasteiger partial charge on any atom is 0.255 e. The summed E-state index contributed by atoms with van der Waals surface area (Å²) in [4.78, 5) is 4.27. The van der Waals surface area contributed by atoms with Gasteiger partial charge in [-0.25, -0.2) is 18.1 Å². The number of benzene rings is 1. The van der Waals surface area contributed by atoms with Crippen LogP contribution in [0.3, 0.4) is 0 Å². The van der Waals surface area contributed by atoms with Crippen LogP contribution in [0.2, 0.25) is 0 Å². The molecule has 3 aromatic rings. The maximum atomic E-state index is 12.1. The fraction of sp³-hybridized carbons (Fsp3) is 0.111. The summed E-state index contributed by atoms with van der Waals surface area (Å²) < 4.78 is 28.5. The van der Waals surface area contributed by atoms with Gasteiger partial charge in [0.1, 0.15) is 0 Å². The van der Waals surface area contributed by atoms with E-state index in [1.54, 1.807) is 22.9 Å². The van der Waals surface area contributed by atoms with Gasteiger partial charge in [-0.1, -0.05) is 30.3 Å². The van der Waals surface area contributed by atoms with Crippen molar-refractivity contribution in [2.45, 2.75) is 13.8 Å². The molecule has 1 N–H and O–H groups in total. The minimum atomic E-state index is -3.61. The van der Waals surface area contributed by atoms with Crippen molar-refractivity contribution >= 4 is 21.8 Å². The van der Waals surface area contributed by atoms with Gasteiger partial charge >= 0.3 is 0 Å². The number of aryl methyl sites for hydroxylation is 2. The summed E-state index contributed by atoms with van der Waals surface area (Å²) in [6.45, 7) is 3.84. The van der Waals surface area contributed by atoms with E-state index >= 15 is 0 Å². The molecule has 6 nitrogen and oxygen atoms in total. The minimum Gasteiger partial charge on any atom is -0.279 e. The Morgan fingerprint density at radius 2 is 1.84 bits per heavy atom. The predicted molar refractivity (Wildman–Crippen MR) is 98.9 cm³/mol. The minimum absolute atomic E-state index is 0.392. The molecular formula is C18H18N4O2S. The molecule has 2 aromatic heterocycles. The third kappa shape index (κ3) is 4.33. The number of nitrogens with one attached hydrogen (secondary N) is 1. The van der Waals surface area contributed by atoms with Crippen LogP contribution in [0, 0.1) is 13.8 Å². The second-order valence-electron chi connectivity index (χ2n) is 5.60. The normalized spacial score (nSPS) is 11.8. The highest BCUT2D eigenvalue weighted by Crippen LogP contribution is 2.14. The zero-order valence-corrected chi connectivity index (χ0v) is 14.7. The molecule has 0 aliphatic rings. The van der Waals surface area contributed by atoms with Gasteiger partial charge in [-0.2, -0.15) is 5.10 Å². The SMILES string of the molecule is Cc1cc(C)n(-c2ccc(NS(=O)(=O)C=Cc3ccccc3)cn2)n1. The Kier molecular flexibility index (Phi) is 4.67. The van der Waals surface area contributed by atoms with Crippen LogP contribution in [0.1, 0.15) is 17.0 Å². The van der Waals surface area contributed by atoms with Gasteiger partial charge in [0, 0.05) is 5.69 Å². The van der Waals surface area contributed by atoms with Crippen molar-refractivity contribution < 1.29 is 8.42 Å². The van der Waals surface area contributed by atoms with E-state index in [0.29, 0.717) is 11.5 Å². The molecule has 0 radical (unpaired) electrons. The Hall–Kier alpha value is -2.93. The quantitative estimate of drug-likeness (QED) is 0.763. The molecule has 2 heterocycles. The second-order valence-corrected chi connectivity index (χ2v) is 7.17. The van der Waals surface area contributed by atoms with Gasteiger partial charge in [0.05, 0.1) is 23.0 Å². The lowest BCUT2D eigenvalue weighted by Crippen LogP contribution is -2.09. The maximum absolute atomic E-state index is 12.1. The molecule has 25 heavy (non-hydrogen) atoms. The molecule has 1 aromatic carbocycles. The Balaban J connectivity index is 1.74. The Morgan fingerprint density at radius 3 is 2.44 bits per heavy atom. The molecule has 0 saturated carbocycles. The van der Waals surface area contributed by atoms with E-state index in [2.05, 4.69) is 14.8 Å². The summed E-state index contributed by atoms with van der Waals surface area (Å²) in [6, 6.07) is 14.6. The number of rotatable bonds is 5. The molecule has 0 unspecified atom stereocenters. The average molecular weight is 354 g/mol. The third-order valence-electron chi connectivity index (χ3n) is 3.47. The first-order chi connectivity index (χ1) is 11.9. The molecular weight excluding hydrogens is 336 g/mol. The molecule has 0 aliphatic heterocycles. The zero-order chi connectivity index (χ0) is 17.9. The molecule has 0 aliphatic carbocycles. The standard InChI is InChI=1S/C18H18N4O2S/c1-14-12-15(2)22(20-14)18-9-8-17(13-19-18)21-25(23,24)11-10-16-6-4-3-5-7-16/h3-13,21H,1-2H3. The summed E-state index contributed by atoms with van der Waals surface area (Å²) in [6.07, 6.45) is 3.01. The van der Waals surface area contributed by atoms with E-state index < -0.39 is 10.0 Å². The van der Waals surface area contributed by atoms with Crippen molar-refractivity contribution in [3.8, 4) is 5.82 Å². The van der Waals surface area contributed by atoms with Gasteiger partial charge in [-0.3, -0.25) is 4.72 Å². The molecule has 0 saturated heterocycles. The van der Waals surface area contributed by atoms with Gasteiger partial charge in [-0.05, 0) is 43.7 Å². The number of pyridine rings is 1. The summed E-state index contributed by atoms with van der Waals surface area (Å²) >= 11 is 0. The van der Waals surface area contributed by atoms with E-state index in [1.165, 1.54) is 6.20 Å². The summed E-state index contributed by atoms with van der Waals surface area (Å²) in [5.74, 6) is 0.633. The lowest BCUT2D eigenvalue weighted by molar-refractivity contribution is 0.609. The Bertz CT molecular complexity index is 991. The molecule has 3 rings (SSSR count). The fourth-order valence-electron chi connectivity index (χ4n) is 2.36. The smallest absolute Gasteiger partial charge is 0.255 e. The van der Waals surface area contributed by atoms with Crippen LogP contribution in [0.5, 0.6) is 0 Å². The average Bonchev–Trinajstić information content (AvgIpc) is 2.93. The van der Waals surface area contributed by atoms with Crippen molar-refractivity contribution in [1.29, 1.82) is 0 Å². The van der Waals surface area contributed by atoms with E-state index in [0.717, 1.165) is 22.4 Å². The van der Waals surface area contributed by atoms with Crippen LogP contribution >= 0.6 is 0 Å². The molecule has 0 amide bonds. The number of aromatic nitrogens is 3. The van der Waals surface area contributed by atoms with Crippen molar-refractivity contribution in [2.75, 3.05) is 4.72 Å². The first-order valence-corrected chi connectivity index (χ1v) is 9.23. The van der Waals surface area contributed by atoms with E-state index in [1.807, 2.05) is 50.2 Å². The highest BCUT2D eigenvalue weighted by Gasteiger charge is 2.08. The van der Waals surface area contributed by atoms with Crippen LogP contribution < -0.4 is 4.72 Å². The second kappa shape index (κ2) is 6.90. The highest BCUT2D eigenvalue weighted by atomic mass is 32.2. The summed E-state index contributed by atoms with van der Waals surface area (Å²) in [7, 11) is -3.61. The summed E-state index contributed by atoms with van der Waals surface area (Å²) in [5, 5.41) is 5.49. The molecule has 7 heteroatoms. The number of hydrogen-bond acceptors (Lipinski definition) is 4. The first kappa shape index (κ1) is 16.9. The predicted octanol–water partition coefficient (Wildman–Crippen LogP) is 3.30. The number of sulfonamides is 1. The molecule has 0 spiro atoms. The summed E-state index contributed by atoms with van der Waals surface area (Å²) in [5.41, 5.74) is 3.06. The fourth-order valence-corrected chi connectivity index (χ4v) is 3.22. The topological polar surface area (TPSA) is 76.9 Å². The van der Waals surface area contributed by atoms with Crippen LogP contribution in [0.4, 0.5) is 5.69 Å². The largest absolute Gasteiger partial charge is 0.279 e. The third-order valence-corrected chi connectivity index (χ3v) is 4.49. The molecule has 0 atom stereocenters. The lowest BCUT2D eigenvalue weighted by atomic mass is 10.2. The van der Waals surface area contributed by atoms with Crippen molar-refractivity contribution in [1.82, 2.24) is 14.8 Å². The lowest BCUT2D eigenvalue weighted by Gasteiger charge is -2.06. The van der Waals surface area contributed by atoms with Crippen LogP contribution in [0.25, 0.3) is 11.9 Å². The van der Waals surface area contributed by atoms with Crippen molar-refractivity contribution in [3.63, 3.8) is 0 Å². The van der Waals surface area contributed by atoms with E-state index in [4.69, 9.17) is 0 Å². The first-order valence-electron chi connectivity index (χ1n) is 7.69.